The second-order valence-corrected chi connectivity index (χ2v) is 5.77. The Morgan fingerprint density at radius 3 is 2.85 bits per heavy atom. The van der Waals surface area contributed by atoms with Gasteiger partial charge in [-0.15, -0.1) is 0 Å². The van der Waals surface area contributed by atoms with E-state index in [2.05, 4.69) is 38.4 Å². The van der Waals surface area contributed by atoms with Crippen molar-refractivity contribution in [2.75, 3.05) is 5.32 Å². The van der Waals surface area contributed by atoms with Crippen molar-refractivity contribution in [3.05, 3.63) is 69.8 Å². The van der Waals surface area contributed by atoms with Crippen molar-refractivity contribution < 1.29 is 0 Å². The summed E-state index contributed by atoms with van der Waals surface area (Å²) in [4.78, 5) is 4.31. The maximum Gasteiger partial charge on any atom is 0.0703 e. The van der Waals surface area contributed by atoms with Crippen LogP contribution in [0.5, 0.6) is 0 Å². The van der Waals surface area contributed by atoms with E-state index in [0.717, 1.165) is 32.6 Å². The number of benzene rings is 2. The van der Waals surface area contributed by atoms with Crippen LogP contribution in [0.25, 0.3) is 10.9 Å². The number of rotatable bonds is 3. The van der Waals surface area contributed by atoms with Crippen LogP contribution in [0.4, 0.5) is 5.69 Å². The standard InChI is InChI=1S/C16H12BrClN2/c17-14-8-11(3-5-15(14)18)10-20-13-4-6-16-12(9-13)2-1-7-19-16/h1-9,20H,10H2. The zero-order valence-electron chi connectivity index (χ0n) is 10.6. The molecule has 1 heterocycles. The highest BCUT2D eigenvalue weighted by Gasteiger charge is 2.00. The fraction of sp³-hybridized carbons (Fsp3) is 0.0625. The van der Waals surface area contributed by atoms with Crippen LogP contribution in [-0.2, 0) is 6.54 Å². The molecule has 0 aliphatic heterocycles. The van der Waals surface area contributed by atoms with Gasteiger partial charge in [0.2, 0.25) is 0 Å². The van der Waals surface area contributed by atoms with Crippen molar-refractivity contribution in [1.82, 2.24) is 4.98 Å². The Balaban J connectivity index is 1.77. The minimum atomic E-state index is 0.727. The Labute approximate surface area is 130 Å². The summed E-state index contributed by atoms with van der Waals surface area (Å²) >= 11 is 9.43. The minimum Gasteiger partial charge on any atom is -0.381 e. The third-order valence-electron chi connectivity index (χ3n) is 3.08. The van der Waals surface area contributed by atoms with Gasteiger partial charge in [0.25, 0.3) is 0 Å². The fourth-order valence-corrected chi connectivity index (χ4v) is 2.58. The van der Waals surface area contributed by atoms with Gasteiger partial charge in [0.1, 0.15) is 0 Å². The summed E-state index contributed by atoms with van der Waals surface area (Å²) in [7, 11) is 0. The van der Waals surface area contributed by atoms with Crippen molar-refractivity contribution in [3.8, 4) is 0 Å². The lowest BCUT2D eigenvalue weighted by Gasteiger charge is -2.08. The number of halogens is 2. The molecule has 2 aromatic carbocycles. The number of fused-ring (bicyclic) bond motifs is 1. The number of aromatic nitrogens is 1. The number of anilines is 1. The van der Waals surface area contributed by atoms with E-state index in [-0.39, 0.29) is 0 Å². The summed E-state index contributed by atoms with van der Waals surface area (Å²) in [5, 5.41) is 5.27. The molecule has 0 unspecified atom stereocenters. The molecule has 0 saturated heterocycles. The summed E-state index contributed by atoms with van der Waals surface area (Å²) < 4.78 is 0.918. The highest BCUT2D eigenvalue weighted by atomic mass is 79.9. The Morgan fingerprint density at radius 1 is 1.10 bits per heavy atom. The Hall–Kier alpha value is -1.58. The molecule has 0 radical (unpaired) electrons. The Kier molecular flexibility index (Phi) is 3.90. The first-order valence-electron chi connectivity index (χ1n) is 6.25. The molecule has 3 aromatic rings. The molecule has 1 N–H and O–H groups in total. The average molecular weight is 348 g/mol. The average Bonchev–Trinajstić information content (AvgIpc) is 2.48. The molecule has 1 aromatic heterocycles. The van der Waals surface area contributed by atoms with Crippen LogP contribution >= 0.6 is 27.5 Å². The number of hydrogen-bond donors (Lipinski definition) is 1. The molecule has 0 spiro atoms. The van der Waals surface area contributed by atoms with E-state index in [0.29, 0.717) is 0 Å². The molecule has 0 atom stereocenters. The lowest BCUT2D eigenvalue weighted by molar-refractivity contribution is 1.15. The Bertz CT molecular complexity index is 758. The maximum absolute atomic E-state index is 5.99. The molecular formula is C16H12BrClN2. The summed E-state index contributed by atoms with van der Waals surface area (Å²) in [6, 6.07) is 16.1. The molecule has 0 aliphatic rings. The molecule has 0 saturated carbocycles. The van der Waals surface area contributed by atoms with Crippen molar-refractivity contribution in [2.24, 2.45) is 0 Å². The highest BCUT2D eigenvalue weighted by molar-refractivity contribution is 9.10. The topological polar surface area (TPSA) is 24.9 Å². The second-order valence-electron chi connectivity index (χ2n) is 4.51. The first-order valence-corrected chi connectivity index (χ1v) is 7.42. The van der Waals surface area contributed by atoms with Crippen LogP contribution < -0.4 is 5.32 Å². The molecular weight excluding hydrogens is 336 g/mol. The smallest absolute Gasteiger partial charge is 0.0703 e. The molecule has 0 fully saturated rings. The van der Waals surface area contributed by atoms with E-state index < -0.39 is 0 Å². The Morgan fingerprint density at radius 2 is 2.00 bits per heavy atom. The highest BCUT2D eigenvalue weighted by Crippen LogP contribution is 2.24. The number of nitrogens with zero attached hydrogens (tertiary/aromatic N) is 1. The molecule has 0 amide bonds. The zero-order chi connectivity index (χ0) is 13.9. The van der Waals surface area contributed by atoms with Crippen LogP contribution in [-0.4, -0.2) is 4.98 Å². The summed E-state index contributed by atoms with van der Waals surface area (Å²) in [6.45, 7) is 0.752. The van der Waals surface area contributed by atoms with Crippen LogP contribution in [0.1, 0.15) is 5.56 Å². The van der Waals surface area contributed by atoms with Crippen molar-refractivity contribution in [3.63, 3.8) is 0 Å². The predicted molar refractivity (Wildman–Crippen MR) is 88.2 cm³/mol. The third kappa shape index (κ3) is 2.94. The van der Waals surface area contributed by atoms with Gasteiger partial charge in [-0.2, -0.15) is 0 Å². The molecule has 3 rings (SSSR count). The van der Waals surface area contributed by atoms with Crippen LogP contribution in [0, 0.1) is 0 Å². The third-order valence-corrected chi connectivity index (χ3v) is 4.30. The van der Waals surface area contributed by atoms with Gasteiger partial charge in [-0.1, -0.05) is 23.7 Å². The maximum atomic E-state index is 5.99. The first-order chi connectivity index (χ1) is 9.72. The molecule has 4 heteroatoms. The van der Waals surface area contributed by atoms with E-state index in [1.807, 2.05) is 36.4 Å². The minimum absolute atomic E-state index is 0.727. The first kappa shape index (κ1) is 13.4. The van der Waals surface area contributed by atoms with E-state index >= 15 is 0 Å². The zero-order valence-corrected chi connectivity index (χ0v) is 12.9. The van der Waals surface area contributed by atoms with Gasteiger partial charge in [-0.25, -0.2) is 0 Å². The number of pyridine rings is 1. The van der Waals surface area contributed by atoms with Gasteiger partial charge in [0.15, 0.2) is 0 Å². The van der Waals surface area contributed by atoms with Gasteiger partial charge < -0.3 is 5.32 Å². The number of nitrogens with one attached hydrogen (secondary N) is 1. The van der Waals surface area contributed by atoms with E-state index in [1.165, 1.54) is 5.56 Å². The fourth-order valence-electron chi connectivity index (χ4n) is 2.04. The quantitative estimate of drug-likeness (QED) is 0.699. The lowest BCUT2D eigenvalue weighted by Crippen LogP contribution is -1.99. The van der Waals surface area contributed by atoms with Gasteiger partial charge >= 0.3 is 0 Å². The van der Waals surface area contributed by atoms with Gasteiger partial charge in [0.05, 0.1) is 10.5 Å². The summed E-state index contributed by atoms with van der Waals surface area (Å²) in [5.41, 5.74) is 3.26. The normalized spacial score (nSPS) is 10.7. The van der Waals surface area contributed by atoms with Gasteiger partial charge in [-0.05, 0) is 57.9 Å². The molecule has 0 aliphatic carbocycles. The monoisotopic (exact) mass is 346 g/mol. The van der Waals surface area contributed by atoms with Gasteiger partial charge in [0, 0.05) is 28.3 Å². The van der Waals surface area contributed by atoms with Crippen molar-refractivity contribution in [2.45, 2.75) is 6.54 Å². The molecule has 20 heavy (non-hydrogen) atoms. The molecule has 0 bridgehead atoms. The number of hydrogen-bond acceptors (Lipinski definition) is 2. The predicted octanol–water partition coefficient (Wildman–Crippen LogP) is 5.26. The van der Waals surface area contributed by atoms with E-state index in [4.69, 9.17) is 11.6 Å². The van der Waals surface area contributed by atoms with Crippen molar-refractivity contribution in [1.29, 1.82) is 0 Å². The van der Waals surface area contributed by atoms with Crippen LogP contribution in [0.2, 0.25) is 5.02 Å². The largest absolute Gasteiger partial charge is 0.381 e. The lowest BCUT2D eigenvalue weighted by atomic mass is 10.2. The second kappa shape index (κ2) is 5.81. The summed E-state index contributed by atoms with van der Waals surface area (Å²) in [6.07, 6.45) is 1.81. The SMILES string of the molecule is Clc1ccc(CNc2ccc3ncccc3c2)cc1Br. The van der Waals surface area contributed by atoms with E-state index in [9.17, 15) is 0 Å². The molecule has 2 nitrogen and oxygen atoms in total. The van der Waals surface area contributed by atoms with E-state index in [1.54, 1.807) is 6.20 Å². The summed E-state index contributed by atoms with van der Waals surface area (Å²) in [5.74, 6) is 0. The van der Waals surface area contributed by atoms with Gasteiger partial charge in [-0.3, -0.25) is 4.98 Å². The molecule has 100 valence electrons. The van der Waals surface area contributed by atoms with Crippen LogP contribution in [0.15, 0.2) is 59.2 Å². The van der Waals surface area contributed by atoms with Crippen molar-refractivity contribution >= 4 is 44.1 Å². The van der Waals surface area contributed by atoms with Crippen LogP contribution in [0.3, 0.4) is 0 Å².